The molecule has 25 heavy (non-hydrogen) atoms. The third-order valence-corrected chi connectivity index (χ3v) is 5.83. The number of rotatable bonds is 5. The van der Waals surface area contributed by atoms with Crippen molar-refractivity contribution in [2.45, 2.75) is 16.9 Å². The van der Waals surface area contributed by atoms with E-state index in [-0.39, 0.29) is 9.99 Å². The molecule has 1 unspecified atom stereocenters. The van der Waals surface area contributed by atoms with Crippen molar-refractivity contribution in [3.05, 3.63) is 54.6 Å². The van der Waals surface area contributed by atoms with Crippen molar-refractivity contribution in [2.24, 2.45) is 5.14 Å². The molecule has 0 saturated heterocycles. The fourth-order valence-corrected chi connectivity index (χ4v) is 4.08. The van der Waals surface area contributed by atoms with E-state index in [0.29, 0.717) is 22.6 Å². The number of aromatic nitrogens is 1. The normalized spacial score (nSPS) is 12.9. The monoisotopic (exact) mass is 376 g/mol. The second-order valence-corrected chi connectivity index (χ2v) is 8.40. The van der Waals surface area contributed by atoms with Crippen LogP contribution in [0.25, 0.3) is 22.4 Å². The standard InChI is InChI=1S/C17H16N2O4S2/c1-2-24(20)17-15(13-10-6-7-11-14(13)25(18,21)22)16(19-23-17)12-8-4-3-5-9-12/h3-11H,2H2,1H3,(H2,18,21,22). The lowest BCUT2D eigenvalue weighted by Crippen LogP contribution is -2.13. The largest absolute Gasteiger partial charge is 0.346 e. The maximum Gasteiger partial charge on any atom is 0.238 e. The average Bonchev–Trinajstić information content (AvgIpc) is 3.06. The number of nitrogens with two attached hydrogens (primary N) is 1. The van der Waals surface area contributed by atoms with Crippen molar-refractivity contribution < 1.29 is 17.1 Å². The van der Waals surface area contributed by atoms with Gasteiger partial charge in [0.2, 0.25) is 15.1 Å². The van der Waals surface area contributed by atoms with Crippen LogP contribution < -0.4 is 5.14 Å². The molecule has 0 fully saturated rings. The summed E-state index contributed by atoms with van der Waals surface area (Å²) in [6.45, 7) is 1.75. The Bertz CT molecular complexity index is 1030. The second kappa shape index (κ2) is 6.91. The molecule has 2 aromatic carbocycles. The predicted octanol–water partition coefficient (Wildman–Crippen LogP) is 2.78. The molecule has 2 N–H and O–H groups in total. The number of primary sulfonamides is 1. The molecule has 1 aromatic heterocycles. The zero-order valence-electron chi connectivity index (χ0n) is 13.4. The molecule has 3 rings (SSSR count). The van der Waals surface area contributed by atoms with Crippen LogP contribution in [0, 0.1) is 0 Å². The smallest absolute Gasteiger partial charge is 0.238 e. The number of nitrogens with zero attached hydrogens (tertiary/aromatic N) is 1. The molecular weight excluding hydrogens is 360 g/mol. The Kier molecular flexibility index (Phi) is 4.85. The molecule has 0 radical (unpaired) electrons. The zero-order valence-corrected chi connectivity index (χ0v) is 15.0. The van der Waals surface area contributed by atoms with Crippen LogP contribution >= 0.6 is 0 Å². The first-order valence-electron chi connectivity index (χ1n) is 7.49. The summed E-state index contributed by atoms with van der Waals surface area (Å²) in [5, 5.41) is 9.54. The molecule has 0 saturated carbocycles. The maximum atomic E-state index is 12.4. The summed E-state index contributed by atoms with van der Waals surface area (Å²) in [6, 6.07) is 15.4. The minimum atomic E-state index is -3.98. The van der Waals surface area contributed by atoms with Crippen LogP contribution in [-0.4, -0.2) is 23.5 Å². The van der Waals surface area contributed by atoms with Crippen LogP contribution in [0.2, 0.25) is 0 Å². The highest BCUT2D eigenvalue weighted by atomic mass is 32.2. The van der Waals surface area contributed by atoms with Crippen LogP contribution in [0.1, 0.15) is 6.92 Å². The van der Waals surface area contributed by atoms with Crippen molar-refractivity contribution in [1.29, 1.82) is 0 Å². The fourth-order valence-electron chi connectivity index (χ4n) is 2.51. The Balaban J connectivity index is 2.36. The number of hydrogen-bond donors (Lipinski definition) is 1. The molecule has 130 valence electrons. The summed E-state index contributed by atoms with van der Waals surface area (Å²) in [7, 11) is -5.43. The summed E-state index contributed by atoms with van der Waals surface area (Å²) in [6.07, 6.45) is 0. The minimum Gasteiger partial charge on any atom is -0.346 e. The van der Waals surface area contributed by atoms with E-state index in [4.69, 9.17) is 9.66 Å². The first-order valence-corrected chi connectivity index (χ1v) is 10.4. The van der Waals surface area contributed by atoms with Gasteiger partial charge in [0.25, 0.3) is 0 Å². The van der Waals surface area contributed by atoms with Gasteiger partial charge in [0.1, 0.15) is 5.69 Å². The molecule has 0 bridgehead atoms. The van der Waals surface area contributed by atoms with Gasteiger partial charge >= 0.3 is 0 Å². The predicted molar refractivity (Wildman–Crippen MR) is 95.7 cm³/mol. The molecule has 1 atom stereocenters. The SMILES string of the molecule is CCS(=O)c1onc(-c2ccccc2)c1-c1ccccc1S(N)(=O)=O. The number of hydrogen-bond acceptors (Lipinski definition) is 5. The highest BCUT2D eigenvalue weighted by molar-refractivity contribution is 7.89. The Morgan fingerprint density at radius 2 is 1.72 bits per heavy atom. The van der Waals surface area contributed by atoms with Gasteiger partial charge in [-0.1, -0.05) is 60.6 Å². The van der Waals surface area contributed by atoms with E-state index in [1.807, 2.05) is 30.3 Å². The highest BCUT2D eigenvalue weighted by Crippen LogP contribution is 2.39. The van der Waals surface area contributed by atoms with Gasteiger partial charge in [-0.25, -0.2) is 13.6 Å². The number of benzene rings is 2. The topological polar surface area (TPSA) is 103 Å². The molecule has 0 spiro atoms. The van der Waals surface area contributed by atoms with Gasteiger partial charge in [0.05, 0.1) is 21.3 Å². The van der Waals surface area contributed by atoms with Gasteiger partial charge in [-0.05, 0) is 6.07 Å². The fraction of sp³-hybridized carbons (Fsp3) is 0.118. The maximum absolute atomic E-state index is 12.4. The first kappa shape index (κ1) is 17.5. The Hall–Kier alpha value is -2.29. The number of sulfonamides is 1. The van der Waals surface area contributed by atoms with Gasteiger partial charge in [0, 0.05) is 16.9 Å². The van der Waals surface area contributed by atoms with Gasteiger partial charge < -0.3 is 4.52 Å². The molecule has 8 heteroatoms. The summed E-state index contributed by atoms with van der Waals surface area (Å²) in [5.41, 5.74) is 1.86. The van der Waals surface area contributed by atoms with E-state index >= 15 is 0 Å². The lowest BCUT2D eigenvalue weighted by Gasteiger charge is -2.09. The summed E-state index contributed by atoms with van der Waals surface area (Å²) >= 11 is 0. The van der Waals surface area contributed by atoms with E-state index in [9.17, 15) is 12.6 Å². The minimum absolute atomic E-state index is 0.0651. The molecule has 6 nitrogen and oxygen atoms in total. The van der Waals surface area contributed by atoms with E-state index < -0.39 is 20.8 Å². The van der Waals surface area contributed by atoms with E-state index in [2.05, 4.69) is 5.16 Å². The summed E-state index contributed by atoms with van der Waals surface area (Å²) in [5.74, 6) is 0.313. The molecule has 0 aliphatic heterocycles. The van der Waals surface area contributed by atoms with Crippen LogP contribution in [0.3, 0.4) is 0 Å². The third kappa shape index (κ3) is 3.41. The third-order valence-electron chi connectivity index (χ3n) is 3.64. The molecule has 0 aliphatic rings. The van der Waals surface area contributed by atoms with Gasteiger partial charge in [0.15, 0.2) is 0 Å². The average molecular weight is 376 g/mol. The zero-order chi connectivity index (χ0) is 18.0. The van der Waals surface area contributed by atoms with Crippen molar-refractivity contribution in [3.8, 4) is 22.4 Å². The Labute approximate surface area is 148 Å². The Morgan fingerprint density at radius 1 is 1.08 bits per heavy atom. The summed E-state index contributed by atoms with van der Waals surface area (Å²) < 4.78 is 41.7. The molecule has 0 aliphatic carbocycles. The van der Waals surface area contributed by atoms with Gasteiger partial charge in [-0.15, -0.1) is 0 Å². The van der Waals surface area contributed by atoms with Gasteiger partial charge in [-0.2, -0.15) is 0 Å². The van der Waals surface area contributed by atoms with Crippen LogP contribution in [0.15, 0.2) is 69.1 Å². The van der Waals surface area contributed by atoms with Crippen LogP contribution in [0.5, 0.6) is 0 Å². The molecule has 1 heterocycles. The van der Waals surface area contributed by atoms with Crippen molar-refractivity contribution in [1.82, 2.24) is 5.16 Å². The molecule has 0 amide bonds. The first-order chi connectivity index (χ1) is 11.9. The van der Waals surface area contributed by atoms with Crippen LogP contribution in [-0.2, 0) is 20.8 Å². The summed E-state index contributed by atoms with van der Waals surface area (Å²) in [4.78, 5) is -0.0651. The van der Waals surface area contributed by atoms with Gasteiger partial charge in [-0.3, -0.25) is 4.21 Å². The Morgan fingerprint density at radius 3 is 2.36 bits per heavy atom. The van der Waals surface area contributed by atoms with Crippen molar-refractivity contribution >= 4 is 20.8 Å². The van der Waals surface area contributed by atoms with E-state index in [0.717, 1.165) is 5.56 Å². The lowest BCUT2D eigenvalue weighted by atomic mass is 10.0. The van der Waals surface area contributed by atoms with E-state index in [1.165, 1.54) is 6.07 Å². The van der Waals surface area contributed by atoms with Crippen molar-refractivity contribution in [3.63, 3.8) is 0 Å². The second-order valence-electron chi connectivity index (χ2n) is 5.24. The molecular formula is C17H16N2O4S2. The van der Waals surface area contributed by atoms with E-state index in [1.54, 1.807) is 25.1 Å². The van der Waals surface area contributed by atoms with Crippen molar-refractivity contribution in [2.75, 3.05) is 5.75 Å². The molecule has 3 aromatic rings. The lowest BCUT2D eigenvalue weighted by molar-refractivity contribution is 0.348. The quantitative estimate of drug-likeness (QED) is 0.737. The highest BCUT2D eigenvalue weighted by Gasteiger charge is 2.27. The van der Waals surface area contributed by atoms with Crippen LogP contribution in [0.4, 0.5) is 0 Å².